The van der Waals surface area contributed by atoms with Crippen LogP contribution in [-0.4, -0.2) is 5.27 Å². The molecule has 0 aliphatic heterocycles. The summed E-state index contributed by atoms with van der Waals surface area (Å²) in [6.07, 6.45) is 0. The third-order valence-electron chi connectivity index (χ3n) is 9.87. The number of hydrogen-bond donors (Lipinski definition) is 2. The molecule has 6 rings (SSSR count). The van der Waals surface area contributed by atoms with E-state index in [1.165, 1.54) is 0 Å². The highest BCUT2D eigenvalue weighted by Gasteiger charge is 2.50. The summed E-state index contributed by atoms with van der Waals surface area (Å²) in [6, 6.07) is 36.1. The summed E-state index contributed by atoms with van der Waals surface area (Å²) < 4.78 is 32.8. The van der Waals surface area contributed by atoms with Crippen molar-refractivity contribution < 1.29 is 13.9 Å². The molecule has 6 aromatic carbocycles. The highest BCUT2D eigenvalue weighted by atomic mass is 31.2. The van der Waals surface area contributed by atoms with Gasteiger partial charge in [-0.05, 0) is 97.2 Å². The molecule has 0 spiro atoms. The minimum Gasteiger partial charge on any atom is -0.398 e. The maximum absolute atomic E-state index is 16.4. The lowest BCUT2D eigenvalue weighted by atomic mass is 9.92. The van der Waals surface area contributed by atoms with Crippen LogP contribution in [0.25, 0.3) is 22.3 Å². The van der Waals surface area contributed by atoms with Crippen LogP contribution >= 0.6 is 14.3 Å². The van der Waals surface area contributed by atoms with Gasteiger partial charge >= 0.3 is 0 Å². The average Bonchev–Trinajstić information content (AvgIpc) is 3.13. The molecule has 5 nitrogen and oxygen atoms in total. The van der Waals surface area contributed by atoms with Crippen LogP contribution < -0.4 is 32.7 Å². The standard InChI is InChI=1S/C43H42N2O3P2/c1-27-25-29(3)41(44)31(5)39(27)35-21-13-15-23-37(35)49(47,33-17-9-7-10-18-33)43(46)50(48,34-19-11-8-12-20-34)38-24-16-14-22-36(38)40-28(2)26-30(4)42(45)32(40)6/h7-26H,44-45H2,1-6H3. The number of carbonyl (C=O) groups is 1. The smallest absolute Gasteiger partial charge is 0.266 e. The van der Waals surface area contributed by atoms with Crippen molar-refractivity contribution >= 4 is 52.1 Å². The first-order valence-electron chi connectivity index (χ1n) is 16.6. The molecule has 0 fully saturated rings. The largest absolute Gasteiger partial charge is 0.398 e. The first kappa shape index (κ1) is 34.9. The molecule has 0 heterocycles. The van der Waals surface area contributed by atoms with Gasteiger partial charge in [-0.2, -0.15) is 0 Å². The van der Waals surface area contributed by atoms with Crippen LogP contribution in [0.1, 0.15) is 33.4 Å². The minimum atomic E-state index is -4.36. The predicted molar refractivity (Wildman–Crippen MR) is 213 cm³/mol. The second-order valence-corrected chi connectivity index (χ2v) is 18.7. The van der Waals surface area contributed by atoms with Gasteiger partial charge in [-0.3, -0.25) is 4.79 Å². The monoisotopic (exact) mass is 696 g/mol. The van der Waals surface area contributed by atoms with Gasteiger partial charge in [0.25, 0.3) is 5.27 Å². The van der Waals surface area contributed by atoms with Gasteiger partial charge in [-0.1, -0.05) is 121 Å². The Labute approximate surface area is 295 Å². The second kappa shape index (κ2) is 13.4. The zero-order valence-corrected chi connectivity index (χ0v) is 31.1. The molecule has 0 aromatic heterocycles. The average molecular weight is 697 g/mol. The number of anilines is 2. The number of nitrogen functional groups attached to an aromatic ring is 2. The molecule has 4 N–H and O–H groups in total. The van der Waals surface area contributed by atoms with E-state index in [1.807, 2.05) is 90.1 Å². The van der Waals surface area contributed by atoms with E-state index in [2.05, 4.69) is 0 Å². The van der Waals surface area contributed by atoms with Crippen LogP contribution in [0.4, 0.5) is 16.2 Å². The van der Waals surface area contributed by atoms with Crippen molar-refractivity contribution in [1.29, 1.82) is 0 Å². The fraction of sp³-hybridized carbons (Fsp3) is 0.140. The van der Waals surface area contributed by atoms with Crippen LogP contribution in [0, 0.1) is 41.5 Å². The van der Waals surface area contributed by atoms with Gasteiger partial charge in [0, 0.05) is 32.6 Å². The van der Waals surface area contributed by atoms with Crippen LogP contribution in [0.2, 0.25) is 0 Å². The van der Waals surface area contributed by atoms with E-state index in [-0.39, 0.29) is 0 Å². The zero-order chi connectivity index (χ0) is 36.0. The number of aryl methyl sites for hydroxylation is 4. The Kier molecular flexibility index (Phi) is 9.35. The second-order valence-electron chi connectivity index (χ2n) is 13.1. The van der Waals surface area contributed by atoms with Gasteiger partial charge < -0.3 is 20.6 Å². The Morgan fingerprint density at radius 1 is 0.460 bits per heavy atom. The van der Waals surface area contributed by atoms with Gasteiger partial charge in [-0.15, -0.1) is 0 Å². The Morgan fingerprint density at radius 2 is 0.780 bits per heavy atom. The Balaban J connectivity index is 1.73. The first-order chi connectivity index (χ1) is 23.8. The summed E-state index contributed by atoms with van der Waals surface area (Å²) in [5.41, 5.74) is 22.7. The molecular formula is C43H42N2O3P2. The lowest BCUT2D eigenvalue weighted by molar-refractivity contribution is 0.273. The topological polar surface area (TPSA) is 103 Å². The Bertz CT molecular complexity index is 2220. The van der Waals surface area contributed by atoms with Crippen LogP contribution in [0.15, 0.2) is 121 Å². The van der Waals surface area contributed by atoms with Gasteiger partial charge in [0.2, 0.25) is 14.3 Å². The predicted octanol–water partition coefficient (Wildman–Crippen LogP) is 9.48. The third kappa shape index (κ3) is 5.56. The maximum atomic E-state index is 16.4. The molecule has 2 unspecified atom stereocenters. The van der Waals surface area contributed by atoms with Crippen molar-refractivity contribution in [2.45, 2.75) is 41.5 Å². The number of hydrogen-bond acceptors (Lipinski definition) is 5. The number of carbonyl (C=O) groups excluding carboxylic acids is 1. The molecule has 252 valence electrons. The molecule has 0 radical (unpaired) electrons. The lowest BCUT2D eigenvalue weighted by Gasteiger charge is -2.29. The fourth-order valence-electron chi connectivity index (χ4n) is 7.33. The van der Waals surface area contributed by atoms with Crippen molar-refractivity contribution in [3.8, 4) is 22.3 Å². The third-order valence-corrected chi connectivity index (χ3v) is 16.8. The normalized spacial score (nSPS) is 13.7. The van der Waals surface area contributed by atoms with Gasteiger partial charge in [0.15, 0.2) is 0 Å². The summed E-state index contributed by atoms with van der Waals surface area (Å²) in [7, 11) is -8.71. The summed E-state index contributed by atoms with van der Waals surface area (Å²) in [4.78, 5) is 15.9. The van der Waals surface area contributed by atoms with Gasteiger partial charge in [-0.25, -0.2) is 0 Å². The van der Waals surface area contributed by atoms with Crippen molar-refractivity contribution in [2.24, 2.45) is 0 Å². The van der Waals surface area contributed by atoms with E-state index in [1.54, 1.807) is 72.8 Å². The van der Waals surface area contributed by atoms with E-state index in [4.69, 9.17) is 11.5 Å². The van der Waals surface area contributed by atoms with Crippen molar-refractivity contribution in [3.63, 3.8) is 0 Å². The molecule has 0 saturated carbocycles. The minimum absolute atomic E-state index is 0.313. The van der Waals surface area contributed by atoms with Crippen molar-refractivity contribution in [2.75, 3.05) is 11.5 Å². The molecule has 0 aliphatic carbocycles. The van der Waals surface area contributed by atoms with E-state index in [0.29, 0.717) is 43.7 Å². The molecule has 2 atom stereocenters. The molecule has 0 amide bonds. The lowest BCUT2D eigenvalue weighted by Crippen LogP contribution is -2.30. The molecule has 0 bridgehead atoms. The molecule has 50 heavy (non-hydrogen) atoms. The van der Waals surface area contributed by atoms with Gasteiger partial charge in [0.1, 0.15) is 0 Å². The molecular weight excluding hydrogens is 654 g/mol. The number of benzene rings is 6. The highest BCUT2D eigenvalue weighted by molar-refractivity contribution is 8.16. The summed E-state index contributed by atoms with van der Waals surface area (Å²) in [5.74, 6) is 0. The first-order valence-corrected chi connectivity index (χ1v) is 20.0. The summed E-state index contributed by atoms with van der Waals surface area (Å²) >= 11 is 0. The SMILES string of the molecule is Cc1cc(C)c(-c2ccccc2P(=O)(C(=O)P(=O)(c2ccccc2)c2ccccc2-c2c(C)cc(C)c(N)c2C)c2ccccc2)c(C)c1N. The van der Waals surface area contributed by atoms with Crippen molar-refractivity contribution in [3.05, 3.63) is 155 Å². The Morgan fingerprint density at radius 3 is 1.14 bits per heavy atom. The number of nitrogens with two attached hydrogens (primary N) is 2. The molecule has 0 aliphatic rings. The van der Waals surface area contributed by atoms with Crippen LogP contribution in [0.3, 0.4) is 0 Å². The van der Waals surface area contributed by atoms with Gasteiger partial charge in [0.05, 0.1) is 0 Å². The summed E-state index contributed by atoms with van der Waals surface area (Å²) in [6.45, 7) is 11.8. The maximum Gasteiger partial charge on any atom is 0.266 e. The highest BCUT2D eigenvalue weighted by Crippen LogP contribution is 2.63. The zero-order valence-electron chi connectivity index (χ0n) is 29.3. The van der Waals surface area contributed by atoms with E-state index >= 15 is 13.9 Å². The fourth-order valence-corrected chi connectivity index (χ4v) is 14.5. The molecule has 7 heteroatoms. The van der Waals surface area contributed by atoms with Crippen LogP contribution in [-0.2, 0) is 9.13 Å². The van der Waals surface area contributed by atoms with E-state index in [0.717, 1.165) is 44.5 Å². The van der Waals surface area contributed by atoms with Crippen molar-refractivity contribution in [1.82, 2.24) is 0 Å². The molecule has 6 aromatic rings. The quantitative estimate of drug-likeness (QED) is 0.122. The van der Waals surface area contributed by atoms with Crippen LogP contribution in [0.5, 0.6) is 0 Å². The van der Waals surface area contributed by atoms with E-state index in [9.17, 15) is 0 Å². The Hall–Kier alpha value is -4.95. The van der Waals surface area contributed by atoms with E-state index < -0.39 is 19.5 Å². The summed E-state index contributed by atoms with van der Waals surface area (Å²) in [5, 5.41) is 0.465. The number of rotatable bonds is 8. The molecule has 0 saturated heterocycles.